The molecular formula is C27H28FN5O. The van der Waals surface area contributed by atoms with Gasteiger partial charge in [0.2, 0.25) is 0 Å². The molecule has 34 heavy (non-hydrogen) atoms. The van der Waals surface area contributed by atoms with Crippen LogP contribution in [-0.2, 0) is 13.0 Å². The number of rotatable bonds is 5. The molecule has 174 valence electrons. The van der Waals surface area contributed by atoms with Crippen LogP contribution < -0.4 is 5.32 Å². The Balaban J connectivity index is 1.74. The zero-order valence-corrected chi connectivity index (χ0v) is 19.4. The van der Waals surface area contributed by atoms with Gasteiger partial charge >= 0.3 is 6.03 Å². The molecule has 5 rings (SSSR count). The quantitative estimate of drug-likeness (QED) is 0.437. The van der Waals surface area contributed by atoms with Gasteiger partial charge in [0, 0.05) is 18.3 Å². The van der Waals surface area contributed by atoms with E-state index in [1.165, 1.54) is 12.1 Å². The van der Waals surface area contributed by atoms with Gasteiger partial charge in [-0.25, -0.2) is 13.9 Å². The van der Waals surface area contributed by atoms with E-state index in [9.17, 15) is 9.18 Å². The Hall–Kier alpha value is -3.87. The monoisotopic (exact) mass is 457 g/mol. The minimum atomic E-state index is -0.381. The number of hydrogen-bond donors (Lipinski definition) is 1. The maximum Gasteiger partial charge on any atom is 0.318 e. The van der Waals surface area contributed by atoms with Crippen LogP contribution in [-0.4, -0.2) is 31.8 Å². The standard InChI is InChI=1S/C27H28FN5O/c1-3-16-29-27(34)32-18-22-23(4-2)30-33(21-9-6-5-7-10-21)26(22)31-17-8-11-24(31)25(32)19-12-14-20(28)15-13-19/h5-15,17,25H,3-4,16,18H2,1-2H3,(H,29,34)/t25-/m0/s1. The van der Waals surface area contributed by atoms with Crippen LogP contribution in [0.3, 0.4) is 0 Å². The number of amides is 2. The minimum Gasteiger partial charge on any atom is -0.338 e. The lowest BCUT2D eigenvalue weighted by atomic mass is 10.0. The third-order valence-corrected chi connectivity index (χ3v) is 6.28. The highest BCUT2D eigenvalue weighted by Crippen LogP contribution is 2.38. The summed E-state index contributed by atoms with van der Waals surface area (Å²) in [5.41, 5.74) is 4.71. The summed E-state index contributed by atoms with van der Waals surface area (Å²) in [6.07, 6.45) is 3.59. The number of benzene rings is 2. The van der Waals surface area contributed by atoms with Gasteiger partial charge in [-0.3, -0.25) is 0 Å². The number of carbonyl (C=O) groups is 1. The number of nitrogens with one attached hydrogen (secondary N) is 1. The first kappa shape index (κ1) is 21.9. The Morgan fingerprint density at radius 3 is 2.53 bits per heavy atom. The second kappa shape index (κ2) is 9.17. The highest BCUT2D eigenvalue weighted by atomic mass is 19.1. The number of carbonyl (C=O) groups excluding carboxylic acids is 1. The summed E-state index contributed by atoms with van der Waals surface area (Å²) >= 11 is 0. The van der Waals surface area contributed by atoms with Crippen LogP contribution >= 0.6 is 0 Å². The van der Waals surface area contributed by atoms with Gasteiger partial charge in [0.05, 0.1) is 29.7 Å². The van der Waals surface area contributed by atoms with E-state index in [0.29, 0.717) is 13.1 Å². The Morgan fingerprint density at radius 1 is 1.06 bits per heavy atom. The molecule has 0 radical (unpaired) electrons. The molecule has 0 aliphatic carbocycles. The third kappa shape index (κ3) is 3.77. The van der Waals surface area contributed by atoms with Crippen molar-refractivity contribution in [1.29, 1.82) is 0 Å². The van der Waals surface area contributed by atoms with E-state index in [4.69, 9.17) is 5.10 Å². The lowest BCUT2D eigenvalue weighted by Gasteiger charge is -2.31. The van der Waals surface area contributed by atoms with Crippen molar-refractivity contribution in [2.24, 2.45) is 0 Å². The van der Waals surface area contributed by atoms with Crippen LogP contribution in [0.2, 0.25) is 0 Å². The number of hydrogen-bond acceptors (Lipinski definition) is 2. The number of aromatic nitrogens is 3. The molecule has 3 heterocycles. The van der Waals surface area contributed by atoms with Crippen LogP contribution in [0, 0.1) is 5.82 Å². The van der Waals surface area contributed by atoms with Gasteiger partial charge in [0.25, 0.3) is 0 Å². The summed E-state index contributed by atoms with van der Waals surface area (Å²) in [5.74, 6) is 0.631. The van der Waals surface area contributed by atoms with Gasteiger partial charge in [0.15, 0.2) is 0 Å². The van der Waals surface area contributed by atoms with Crippen molar-refractivity contribution in [3.8, 4) is 11.5 Å². The van der Waals surface area contributed by atoms with E-state index in [1.807, 2.05) is 65.2 Å². The fraction of sp³-hybridized carbons (Fsp3) is 0.259. The molecule has 0 bridgehead atoms. The Morgan fingerprint density at radius 2 is 1.82 bits per heavy atom. The zero-order valence-electron chi connectivity index (χ0n) is 19.4. The van der Waals surface area contributed by atoms with Crippen molar-refractivity contribution < 1.29 is 9.18 Å². The van der Waals surface area contributed by atoms with Crippen molar-refractivity contribution in [2.45, 2.75) is 39.3 Å². The van der Waals surface area contributed by atoms with Crippen molar-refractivity contribution in [3.63, 3.8) is 0 Å². The average molecular weight is 458 g/mol. The molecule has 1 atom stereocenters. The molecule has 0 spiro atoms. The van der Waals surface area contributed by atoms with Crippen molar-refractivity contribution in [2.75, 3.05) is 6.54 Å². The lowest BCUT2D eigenvalue weighted by Crippen LogP contribution is -2.42. The summed E-state index contributed by atoms with van der Waals surface area (Å²) in [7, 11) is 0. The normalized spacial score (nSPS) is 14.9. The Labute approximate surface area is 198 Å². The van der Waals surface area contributed by atoms with E-state index in [-0.39, 0.29) is 17.9 Å². The predicted molar refractivity (Wildman–Crippen MR) is 130 cm³/mol. The topological polar surface area (TPSA) is 55.1 Å². The van der Waals surface area contributed by atoms with Crippen LogP contribution in [0.5, 0.6) is 0 Å². The number of urea groups is 1. The summed E-state index contributed by atoms with van der Waals surface area (Å²) in [6.45, 7) is 5.09. The second-order valence-corrected chi connectivity index (χ2v) is 8.47. The molecule has 6 nitrogen and oxygen atoms in total. The van der Waals surface area contributed by atoms with Gasteiger partial charge < -0.3 is 14.8 Å². The Bertz CT molecular complexity index is 1290. The van der Waals surface area contributed by atoms with Gasteiger partial charge in [0.1, 0.15) is 11.6 Å². The van der Waals surface area contributed by atoms with Crippen LogP contribution in [0.4, 0.5) is 9.18 Å². The molecule has 1 aliphatic rings. The smallest absolute Gasteiger partial charge is 0.318 e. The highest BCUT2D eigenvalue weighted by Gasteiger charge is 2.36. The molecule has 2 aromatic heterocycles. The number of halogens is 1. The predicted octanol–water partition coefficient (Wildman–Crippen LogP) is 5.39. The van der Waals surface area contributed by atoms with E-state index in [1.54, 1.807) is 12.1 Å². The van der Waals surface area contributed by atoms with Crippen LogP contribution in [0.25, 0.3) is 11.5 Å². The molecule has 0 saturated heterocycles. The van der Waals surface area contributed by atoms with Crippen molar-refractivity contribution in [3.05, 3.63) is 101 Å². The van der Waals surface area contributed by atoms with Gasteiger partial charge in [-0.2, -0.15) is 5.10 Å². The fourth-order valence-electron chi connectivity index (χ4n) is 4.68. The molecule has 4 aromatic rings. The van der Waals surface area contributed by atoms with Crippen LogP contribution in [0.15, 0.2) is 72.9 Å². The molecular weight excluding hydrogens is 429 g/mol. The molecule has 0 saturated carbocycles. The maximum absolute atomic E-state index is 13.8. The highest BCUT2D eigenvalue weighted by molar-refractivity contribution is 5.76. The Kier molecular flexibility index (Phi) is 5.92. The molecule has 0 unspecified atom stereocenters. The van der Waals surface area contributed by atoms with Crippen molar-refractivity contribution in [1.82, 2.24) is 24.6 Å². The van der Waals surface area contributed by atoms with Gasteiger partial charge in [-0.05, 0) is 54.8 Å². The SMILES string of the molecule is CCCNC(=O)N1Cc2c(CC)nn(-c3ccccc3)c2-n2cccc2[C@@H]1c1ccc(F)cc1. The molecule has 7 heteroatoms. The summed E-state index contributed by atoms with van der Waals surface area (Å²) in [5, 5.41) is 8.00. The number of fused-ring (bicyclic) bond motifs is 3. The van der Waals surface area contributed by atoms with E-state index < -0.39 is 0 Å². The maximum atomic E-state index is 13.8. The zero-order chi connectivity index (χ0) is 23.7. The largest absolute Gasteiger partial charge is 0.338 e. The number of nitrogens with zero attached hydrogens (tertiary/aromatic N) is 4. The van der Waals surface area contributed by atoms with E-state index in [2.05, 4.69) is 16.8 Å². The number of aryl methyl sites for hydroxylation is 1. The summed E-state index contributed by atoms with van der Waals surface area (Å²) < 4.78 is 17.9. The molecule has 2 amide bonds. The first-order chi connectivity index (χ1) is 16.6. The van der Waals surface area contributed by atoms with Gasteiger partial charge in [-0.1, -0.05) is 44.2 Å². The van der Waals surface area contributed by atoms with Crippen molar-refractivity contribution >= 4 is 6.03 Å². The fourth-order valence-corrected chi connectivity index (χ4v) is 4.68. The first-order valence-electron chi connectivity index (χ1n) is 11.8. The first-order valence-corrected chi connectivity index (χ1v) is 11.8. The minimum absolute atomic E-state index is 0.147. The van der Waals surface area contributed by atoms with Gasteiger partial charge in [-0.15, -0.1) is 0 Å². The van der Waals surface area contributed by atoms with E-state index >= 15 is 0 Å². The molecule has 2 aromatic carbocycles. The lowest BCUT2D eigenvalue weighted by molar-refractivity contribution is 0.180. The summed E-state index contributed by atoms with van der Waals surface area (Å²) in [4.78, 5) is 15.3. The molecule has 1 N–H and O–H groups in total. The average Bonchev–Trinajstić information content (AvgIpc) is 3.45. The number of para-hydroxylation sites is 1. The summed E-state index contributed by atoms with van der Waals surface area (Å²) in [6, 6.07) is 19.9. The third-order valence-electron chi connectivity index (χ3n) is 6.28. The molecule has 1 aliphatic heterocycles. The van der Waals surface area contributed by atoms with Crippen LogP contribution in [0.1, 0.15) is 48.8 Å². The second-order valence-electron chi connectivity index (χ2n) is 8.47. The van der Waals surface area contributed by atoms with E-state index in [0.717, 1.165) is 46.9 Å². The molecule has 0 fully saturated rings.